The Balaban J connectivity index is 1.83. The highest BCUT2D eigenvalue weighted by molar-refractivity contribution is 6.03. The van der Waals surface area contributed by atoms with E-state index in [9.17, 15) is 19.8 Å². The highest BCUT2D eigenvalue weighted by atomic mass is 16.5. The summed E-state index contributed by atoms with van der Waals surface area (Å²) < 4.78 is 5.16. The van der Waals surface area contributed by atoms with Gasteiger partial charge in [-0.3, -0.25) is 4.79 Å². The lowest BCUT2D eigenvalue weighted by atomic mass is 10.0. The lowest BCUT2D eigenvalue weighted by molar-refractivity contribution is -0.304. The summed E-state index contributed by atoms with van der Waals surface area (Å²) >= 11 is 0. The number of aromatic hydroxyl groups is 1. The Labute approximate surface area is 167 Å². The van der Waals surface area contributed by atoms with Gasteiger partial charge in [-0.15, -0.1) is 0 Å². The summed E-state index contributed by atoms with van der Waals surface area (Å²) in [6.07, 6.45) is -0.304. The molecular weight excluding hydrogens is 372 g/mol. The van der Waals surface area contributed by atoms with Crippen molar-refractivity contribution in [3.8, 4) is 11.5 Å². The van der Waals surface area contributed by atoms with E-state index < -0.39 is 11.9 Å². The van der Waals surface area contributed by atoms with Gasteiger partial charge in [-0.1, -0.05) is 24.3 Å². The maximum absolute atomic E-state index is 12.5. The van der Waals surface area contributed by atoms with Crippen LogP contribution in [0, 0.1) is 0 Å². The molecule has 0 aliphatic heterocycles. The highest BCUT2D eigenvalue weighted by Gasteiger charge is 2.13. The molecule has 3 rings (SSSR count). The van der Waals surface area contributed by atoms with Gasteiger partial charge in [0.05, 0.1) is 18.4 Å². The molecule has 0 saturated carbocycles. The van der Waals surface area contributed by atoms with Crippen molar-refractivity contribution in [1.82, 2.24) is 5.43 Å². The van der Waals surface area contributed by atoms with Gasteiger partial charge in [0.15, 0.2) is 0 Å². The number of hydrogen-bond acceptors (Lipinski definition) is 6. The van der Waals surface area contributed by atoms with Crippen LogP contribution in [0.3, 0.4) is 0 Å². The van der Waals surface area contributed by atoms with Gasteiger partial charge in [0.2, 0.25) is 0 Å². The molecule has 0 unspecified atom stereocenters. The topological polar surface area (TPSA) is 111 Å². The third-order valence-electron chi connectivity index (χ3n) is 4.47. The maximum atomic E-state index is 12.5. The fraction of sp³-hybridized carbons (Fsp3) is 0.136. The van der Waals surface area contributed by atoms with Crippen LogP contribution in [0.1, 0.15) is 28.4 Å². The SMILES string of the molecule is COc1ccc(/C(C)=N\NC(=O)c2cc3ccccc3cc2O)cc1CC(=O)[O-]. The molecule has 0 aliphatic carbocycles. The Morgan fingerprint density at radius 2 is 1.79 bits per heavy atom. The number of fused-ring (bicyclic) bond motifs is 1. The van der Waals surface area contributed by atoms with Crippen molar-refractivity contribution in [3.05, 3.63) is 71.3 Å². The number of aliphatic carboxylic acids is 1. The van der Waals surface area contributed by atoms with Crippen LogP contribution in [0.5, 0.6) is 11.5 Å². The van der Waals surface area contributed by atoms with E-state index >= 15 is 0 Å². The number of rotatable bonds is 6. The van der Waals surface area contributed by atoms with Crippen molar-refractivity contribution in [3.63, 3.8) is 0 Å². The minimum absolute atomic E-state index is 0.104. The van der Waals surface area contributed by atoms with Crippen molar-refractivity contribution in [2.75, 3.05) is 7.11 Å². The zero-order valence-corrected chi connectivity index (χ0v) is 15.9. The number of phenols is 1. The highest BCUT2D eigenvalue weighted by Crippen LogP contribution is 2.25. The van der Waals surface area contributed by atoms with Gasteiger partial charge >= 0.3 is 0 Å². The molecule has 0 atom stereocenters. The number of carboxylic acids is 1. The molecule has 0 aliphatic rings. The van der Waals surface area contributed by atoms with E-state index in [2.05, 4.69) is 10.5 Å². The van der Waals surface area contributed by atoms with E-state index in [1.54, 1.807) is 31.2 Å². The fourth-order valence-electron chi connectivity index (χ4n) is 2.97. The molecule has 0 spiro atoms. The second kappa shape index (κ2) is 8.43. The molecule has 29 heavy (non-hydrogen) atoms. The van der Waals surface area contributed by atoms with E-state index in [0.29, 0.717) is 22.6 Å². The van der Waals surface area contributed by atoms with Crippen LogP contribution < -0.4 is 15.3 Å². The van der Waals surface area contributed by atoms with Crippen molar-refractivity contribution >= 4 is 28.4 Å². The minimum Gasteiger partial charge on any atom is -0.550 e. The van der Waals surface area contributed by atoms with E-state index in [-0.39, 0.29) is 17.7 Å². The summed E-state index contributed by atoms with van der Waals surface area (Å²) in [6, 6.07) is 15.4. The van der Waals surface area contributed by atoms with Crippen LogP contribution in [0.25, 0.3) is 10.8 Å². The number of amides is 1. The van der Waals surface area contributed by atoms with Gasteiger partial charge < -0.3 is 19.7 Å². The van der Waals surface area contributed by atoms with Gasteiger partial charge in [0.25, 0.3) is 5.91 Å². The molecule has 3 aromatic carbocycles. The van der Waals surface area contributed by atoms with E-state index in [0.717, 1.165) is 10.8 Å². The standard InChI is InChI=1S/C22H20N2O5/c1-13(14-7-8-20(29-2)17(9-14)12-21(26)27)23-24-22(28)18-10-15-5-3-4-6-16(15)11-19(18)25/h3-11,25H,12H2,1-2H3,(H,24,28)(H,26,27)/p-1/b23-13-. The normalized spacial score (nSPS) is 11.3. The molecule has 3 aromatic rings. The van der Waals surface area contributed by atoms with Gasteiger partial charge in [-0.2, -0.15) is 5.10 Å². The van der Waals surface area contributed by atoms with Gasteiger partial charge in [-0.25, -0.2) is 5.43 Å². The largest absolute Gasteiger partial charge is 0.550 e. The zero-order chi connectivity index (χ0) is 21.0. The van der Waals surface area contributed by atoms with Gasteiger partial charge in [0, 0.05) is 18.0 Å². The Morgan fingerprint density at radius 3 is 2.45 bits per heavy atom. The second-order valence-electron chi connectivity index (χ2n) is 6.43. The number of hydrazone groups is 1. The van der Waals surface area contributed by atoms with Crippen molar-refractivity contribution in [2.45, 2.75) is 13.3 Å². The van der Waals surface area contributed by atoms with Crippen LogP contribution in [0.4, 0.5) is 0 Å². The number of carbonyl (C=O) groups excluding carboxylic acids is 2. The molecule has 7 heteroatoms. The molecular formula is C22H19N2O5-. The van der Waals surface area contributed by atoms with Crippen molar-refractivity contribution in [1.29, 1.82) is 0 Å². The monoisotopic (exact) mass is 391 g/mol. The number of benzene rings is 3. The summed E-state index contributed by atoms with van der Waals surface area (Å²) in [7, 11) is 1.45. The summed E-state index contributed by atoms with van der Waals surface area (Å²) in [6.45, 7) is 1.67. The predicted octanol–water partition coefficient (Wildman–Crippen LogP) is 2.00. The number of carbonyl (C=O) groups is 2. The maximum Gasteiger partial charge on any atom is 0.275 e. The number of hydrogen-bond donors (Lipinski definition) is 2. The molecule has 0 aromatic heterocycles. The Kier molecular flexibility index (Phi) is 5.78. The van der Waals surface area contributed by atoms with Gasteiger partial charge in [-0.05, 0) is 53.6 Å². The van der Waals surface area contributed by atoms with E-state index in [4.69, 9.17) is 4.74 Å². The quantitative estimate of drug-likeness (QED) is 0.493. The van der Waals surface area contributed by atoms with Crippen LogP contribution in [-0.2, 0) is 11.2 Å². The molecule has 0 bridgehead atoms. The second-order valence-corrected chi connectivity index (χ2v) is 6.43. The first-order chi connectivity index (χ1) is 13.9. The number of phenolic OH excluding ortho intramolecular Hbond substituents is 1. The van der Waals surface area contributed by atoms with Crippen LogP contribution in [0.15, 0.2) is 59.7 Å². The number of ether oxygens (including phenoxy) is 1. The zero-order valence-electron chi connectivity index (χ0n) is 15.9. The number of methoxy groups -OCH3 is 1. The number of nitrogens with one attached hydrogen (secondary N) is 1. The molecule has 0 saturated heterocycles. The summed E-state index contributed by atoms with van der Waals surface area (Å²) in [5.41, 5.74) is 4.04. The molecule has 2 N–H and O–H groups in total. The van der Waals surface area contributed by atoms with Crippen molar-refractivity contribution < 1.29 is 24.5 Å². The average Bonchev–Trinajstić information content (AvgIpc) is 2.70. The first kappa shape index (κ1) is 19.9. The first-order valence-corrected chi connectivity index (χ1v) is 8.82. The number of carboxylic acid groups (broad SMARTS) is 1. The first-order valence-electron chi connectivity index (χ1n) is 8.82. The average molecular weight is 391 g/mol. The lowest BCUT2D eigenvalue weighted by Crippen LogP contribution is -2.24. The summed E-state index contributed by atoms with van der Waals surface area (Å²) in [4.78, 5) is 23.4. The molecule has 7 nitrogen and oxygen atoms in total. The van der Waals surface area contributed by atoms with E-state index in [1.165, 1.54) is 13.2 Å². The third kappa shape index (κ3) is 4.52. The smallest absolute Gasteiger partial charge is 0.275 e. The van der Waals surface area contributed by atoms with Crippen molar-refractivity contribution in [2.24, 2.45) is 5.10 Å². The number of nitrogens with zero attached hydrogens (tertiary/aromatic N) is 1. The molecule has 148 valence electrons. The molecule has 1 amide bonds. The van der Waals surface area contributed by atoms with Gasteiger partial charge in [0.1, 0.15) is 11.5 Å². The lowest BCUT2D eigenvalue weighted by Gasteiger charge is -2.11. The molecule has 0 fully saturated rings. The Hall–Kier alpha value is -3.87. The molecule has 0 radical (unpaired) electrons. The fourth-order valence-corrected chi connectivity index (χ4v) is 2.97. The van der Waals surface area contributed by atoms with E-state index in [1.807, 2.05) is 24.3 Å². The Bertz CT molecular complexity index is 1120. The van der Waals surface area contributed by atoms with Crippen LogP contribution in [0.2, 0.25) is 0 Å². The summed E-state index contributed by atoms with van der Waals surface area (Å²) in [5.74, 6) is -1.50. The predicted molar refractivity (Wildman–Crippen MR) is 107 cm³/mol. The van der Waals surface area contributed by atoms with Crippen LogP contribution >= 0.6 is 0 Å². The minimum atomic E-state index is -1.23. The Morgan fingerprint density at radius 1 is 1.10 bits per heavy atom. The van der Waals surface area contributed by atoms with Crippen LogP contribution in [-0.4, -0.2) is 29.8 Å². The third-order valence-corrected chi connectivity index (χ3v) is 4.47. The summed E-state index contributed by atoms with van der Waals surface area (Å²) in [5, 5.41) is 26.8. The molecule has 0 heterocycles.